The van der Waals surface area contributed by atoms with Crippen LogP contribution in [0.1, 0.15) is 31.6 Å². The van der Waals surface area contributed by atoms with Crippen molar-refractivity contribution in [3.8, 4) is 17.0 Å². The molecule has 2 aliphatic rings. The summed E-state index contributed by atoms with van der Waals surface area (Å²) >= 11 is 0. The van der Waals surface area contributed by atoms with Crippen molar-refractivity contribution in [1.82, 2.24) is 20.3 Å². The largest absolute Gasteiger partial charge is 0.504 e. The predicted molar refractivity (Wildman–Crippen MR) is 120 cm³/mol. The van der Waals surface area contributed by atoms with E-state index in [2.05, 4.69) is 20.2 Å². The molecule has 1 aliphatic carbocycles. The van der Waals surface area contributed by atoms with Gasteiger partial charge in [0, 0.05) is 37.7 Å². The maximum Gasteiger partial charge on any atom is 0.195 e. The van der Waals surface area contributed by atoms with Crippen molar-refractivity contribution in [3.05, 3.63) is 42.0 Å². The first-order chi connectivity index (χ1) is 15.5. The number of hydrogen-bond acceptors (Lipinski definition) is 7. The number of nitrogens with one attached hydrogen (secondary N) is 1. The molecule has 2 fully saturated rings. The number of oxazole rings is 1. The van der Waals surface area contributed by atoms with Gasteiger partial charge in [0.05, 0.1) is 16.7 Å². The Bertz CT molecular complexity index is 1330. The van der Waals surface area contributed by atoms with E-state index in [1.807, 2.05) is 18.2 Å². The van der Waals surface area contributed by atoms with Gasteiger partial charge < -0.3 is 19.7 Å². The monoisotopic (exact) mass is 433 g/mol. The van der Waals surface area contributed by atoms with Gasteiger partial charge in [-0.15, -0.1) is 0 Å². The van der Waals surface area contributed by atoms with E-state index in [4.69, 9.17) is 9.40 Å². The fourth-order valence-electron chi connectivity index (χ4n) is 4.66. The molecule has 32 heavy (non-hydrogen) atoms. The molecule has 0 unspecified atom stereocenters. The summed E-state index contributed by atoms with van der Waals surface area (Å²) in [5, 5.41) is 14.2. The van der Waals surface area contributed by atoms with E-state index >= 15 is 0 Å². The van der Waals surface area contributed by atoms with Gasteiger partial charge in [0.25, 0.3) is 0 Å². The summed E-state index contributed by atoms with van der Waals surface area (Å²) in [6.45, 7) is 3.59. The van der Waals surface area contributed by atoms with Gasteiger partial charge in [-0.2, -0.15) is 0 Å². The standard InChI is InChI=1S/C24H24FN5O2/c1-13-26-23-20(32-13)11-16(24(31)22(23)25)17-5-6-19-18(28-17)7-8-21(29-19)30-10-9-15(12-30)27-14-3-2-4-14/h5-8,11,14-15,27,31H,2-4,9-10,12H2,1H3/t15-/m0/s1. The molecule has 0 radical (unpaired) electrons. The molecule has 1 aromatic carbocycles. The van der Waals surface area contributed by atoms with Crippen molar-refractivity contribution in [2.75, 3.05) is 18.0 Å². The predicted octanol–water partition coefficient (Wildman–Crippen LogP) is 4.31. The Morgan fingerprint density at radius 1 is 1.06 bits per heavy atom. The molecule has 0 spiro atoms. The molecule has 4 aromatic rings. The lowest BCUT2D eigenvalue weighted by Crippen LogP contribution is -2.43. The first-order valence-corrected chi connectivity index (χ1v) is 11.1. The maximum absolute atomic E-state index is 14.6. The molecular weight excluding hydrogens is 409 g/mol. The Labute approximate surface area is 184 Å². The maximum atomic E-state index is 14.6. The topological polar surface area (TPSA) is 87.3 Å². The summed E-state index contributed by atoms with van der Waals surface area (Å²) in [6, 6.07) is 10.3. The number of anilines is 1. The van der Waals surface area contributed by atoms with Gasteiger partial charge in [-0.1, -0.05) is 6.42 Å². The third kappa shape index (κ3) is 3.26. The lowest BCUT2D eigenvalue weighted by molar-refractivity contribution is 0.311. The van der Waals surface area contributed by atoms with Crippen molar-refractivity contribution < 1.29 is 13.9 Å². The molecular formula is C24H24FN5O2. The second-order valence-corrected chi connectivity index (χ2v) is 8.80. The number of halogens is 1. The SMILES string of the molecule is Cc1nc2c(F)c(O)c(-c3ccc4nc(N5CC[C@H](NC6CCC6)C5)ccc4n3)cc2o1. The number of hydrogen-bond donors (Lipinski definition) is 2. The van der Waals surface area contributed by atoms with Gasteiger partial charge >= 0.3 is 0 Å². The normalized spacial score (nSPS) is 19.2. The Balaban J connectivity index is 1.29. The van der Waals surface area contributed by atoms with Gasteiger partial charge in [0.2, 0.25) is 0 Å². The Morgan fingerprint density at radius 2 is 1.88 bits per heavy atom. The molecule has 7 nitrogen and oxygen atoms in total. The van der Waals surface area contributed by atoms with Crippen LogP contribution in [-0.4, -0.2) is 45.2 Å². The fraction of sp³-hybridized carbons (Fsp3) is 0.375. The van der Waals surface area contributed by atoms with Crippen LogP contribution in [0.2, 0.25) is 0 Å². The number of fused-ring (bicyclic) bond motifs is 2. The van der Waals surface area contributed by atoms with Crippen LogP contribution in [-0.2, 0) is 0 Å². The highest BCUT2D eigenvalue weighted by molar-refractivity contribution is 5.87. The summed E-state index contributed by atoms with van der Waals surface area (Å²) in [5.74, 6) is -0.00351. The zero-order valence-electron chi connectivity index (χ0n) is 17.8. The van der Waals surface area contributed by atoms with E-state index in [1.165, 1.54) is 19.3 Å². The van der Waals surface area contributed by atoms with Crippen LogP contribution >= 0.6 is 0 Å². The molecule has 1 saturated heterocycles. The molecule has 8 heteroatoms. The van der Waals surface area contributed by atoms with E-state index in [0.29, 0.717) is 29.2 Å². The number of rotatable bonds is 4. The fourth-order valence-corrected chi connectivity index (χ4v) is 4.66. The molecule has 1 atom stereocenters. The van der Waals surface area contributed by atoms with Crippen LogP contribution in [0.25, 0.3) is 33.4 Å². The van der Waals surface area contributed by atoms with E-state index in [9.17, 15) is 9.50 Å². The molecule has 164 valence electrons. The van der Waals surface area contributed by atoms with Crippen molar-refractivity contribution in [2.24, 2.45) is 0 Å². The molecule has 2 N–H and O–H groups in total. The van der Waals surface area contributed by atoms with Crippen LogP contribution in [0.4, 0.5) is 10.2 Å². The molecule has 1 saturated carbocycles. The van der Waals surface area contributed by atoms with Gasteiger partial charge in [0.15, 0.2) is 23.0 Å². The number of pyridine rings is 2. The van der Waals surface area contributed by atoms with Gasteiger partial charge in [-0.3, -0.25) is 0 Å². The lowest BCUT2D eigenvalue weighted by atomic mass is 9.92. The average molecular weight is 433 g/mol. The number of phenols is 1. The summed E-state index contributed by atoms with van der Waals surface area (Å²) in [4.78, 5) is 15.7. The van der Waals surface area contributed by atoms with Crippen LogP contribution in [0.5, 0.6) is 5.75 Å². The molecule has 3 aromatic heterocycles. The van der Waals surface area contributed by atoms with Gasteiger partial charge in [-0.05, 0) is 49.6 Å². The summed E-state index contributed by atoms with van der Waals surface area (Å²) in [5.41, 5.74) is 2.46. The van der Waals surface area contributed by atoms with E-state index in [1.54, 1.807) is 19.1 Å². The Morgan fingerprint density at radius 3 is 2.69 bits per heavy atom. The number of phenolic OH excluding ortho intramolecular Hbond substituents is 1. The highest BCUT2D eigenvalue weighted by Crippen LogP contribution is 2.36. The first-order valence-electron chi connectivity index (χ1n) is 11.1. The zero-order chi connectivity index (χ0) is 21.8. The average Bonchev–Trinajstić information content (AvgIpc) is 3.39. The Hall–Kier alpha value is -3.26. The summed E-state index contributed by atoms with van der Waals surface area (Å²) in [7, 11) is 0. The van der Waals surface area contributed by atoms with Crippen LogP contribution in [0.15, 0.2) is 34.7 Å². The van der Waals surface area contributed by atoms with E-state index in [-0.39, 0.29) is 16.7 Å². The molecule has 1 aliphatic heterocycles. The molecule has 4 heterocycles. The third-order valence-electron chi connectivity index (χ3n) is 6.60. The molecule has 0 bridgehead atoms. The third-order valence-corrected chi connectivity index (χ3v) is 6.60. The minimum atomic E-state index is -0.802. The smallest absolute Gasteiger partial charge is 0.195 e. The number of benzene rings is 1. The van der Waals surface area contributed by atoms with Gasteiger partial charge in [0.1, 0.15) is 11.3 Å². The van der Waals surface area contributed by atoms with Gasteiger partial charge in [-0.25, -0.2) is 19.3 Å². The van der Waals surface area contributed by atoms with Crippen molar-refractivity contribution in [1.29, 1.82) is 0 Å². The van der Waals surface area contributed by atoms with Crippen molar-refractivity contribution in [2.45, 2.75) is 44.7 Å². The van der Waals surface area contributed by atoms with Crippen molar-refractivity contribution in [3.63, 3.8) is 0 Å². The van der Waals surface area contributed by atoms with Crippen LogP contribution < -0.4 is 10.2 Å². The van der Waals surface area contributed by atoms with E-state index < -0.39 is 11.6 Å². The lowest BCUT2D eigenvalue weighted by Gasteiger charge is -2.30. The number of aromatic hydroxyl groups is 1. The highest BCUT2D eigenvalue weighted by atomic mass is 19.1. The minimum Gasteiger partial charge on any atom is -0.504 e. The van der Waals surface area contributed by atoms with E-state index in [0.717, 1.165) is 30.8 Å². The van der Waals surface area contributed by atoms with Crippen LogP contribution in [0, 0.1) is 12.7 Å². The van der Waals surface area contributed by atoms with Crippen LogP contribution in [0.3, 0.4) is 0 Å². The quantitative estimate of drug-likeness (QED) is 0.496. The Kier molecular flexibility index (Phi) is 4.50. The second-order valence-electron chi connectivity index (χ2n) is 8.80. The first kappa shape index (κ1) is 19.4. The minimum absolute atomic E-state index is 0.0200. The van der Waals surface area contributed by atoms with Crippen molar-refractivity contribution >= 4 is 28.0 Å². The number of aromatic nitrogens is 3. The number of aryl methyl sites for hydroxylation is 1. The molecule has 0 amide bonds. The second kappa shape index (κ2) is 7.41. The molecule has 6 rings (SSSR count). The highest BCUT2D eigenvalue weighted by Gasteiger charge is 2.28. The number of nitrogens with zero attached hydrogens (tertiary/aromatic N) is 4. The summed E-state index contributed by atoms with van der Waals surface area (Å²) < 4.78 is 20.1. The summed E-state index contributed by atoms with van der Waals surface area (Å²) in [6.07, 6.45) is 5.05. The zero-order valence-corrected chi connectivity index (χ0v) is 17.8.